The van der Waals surface area contributed by atoms with E-state index < -0.39 is 9.84 Å². The highest BCUT2D eigenvalue weighted by Gasteiger charge is 2.31. The Bertz CT molecular complexity index is 968. The van der Waals surface area contributed by atoms with Crippen LogP contribution >= 0.6 is 23.2 Å². The van der Waals surface area contributed by atoms with Crippen molar-refractivity contribution in [2.45, 2.75) is 37.6 Å². The molecule has 0 aliphatic carbocycles. The first kappa shape index (κ1) is 20.2. The number of rotatable bonds is 4. The first-order chi connectivity index (χ1) is 12.8. The average molecular weight is 426 g/mol. The number of halogens is 2. The molecule has 1 aliphatic rings. The molecule has 0 saturated heterocycles. The van der Waals surface area contributed by atoms with E-state index in [2.05, 4.69) is 0 Å². The predicted molar refractivity (Wildman–Crippen MR) is 108 cm³/mol. The summed E-state index contributed by atoms with van der Waals surface area (Å²) in [6, 6.07) is 10.3. The molecular formula is C20H21Cl2NO3S. The molecule has 27 heavy (non-hydrogen) atoms. The minimum absolute atomic E-state index is 0.0610. The standard InChI is InChI=1S/C20H21Cl2NO3S/c1-3-27(25,26)19-9-4-6-14-13(2)23(11-10-15(14)19)20(24)12-16-17(21)7-5-8-18(16)22/h4-9,13H,3,10-12H2,1-2H3/t13-/m0/s1. The van der Waals surface area contributed by atoms with Crippen LogP contribution in [-0.4, -0.2) is 31.5 Å². The fraction of sp³-hybridized carbons (Fsp3) is 0.350. The first-order valence-corrected chi connectivity index (χ1v) is 11.2. The van der Waals surface area contributed by atoms with E-state index in [1.54, 1.807) is 42.2 Å². The van der Waals surface area contributed by atoms with Gasteiger partial charge in [-0.2, -0.15) is 0 Å². The van der Waals surface area contributed by atoms with Gasteiger partial charge in [-0.3, -0.25) is 4.79 Å². The van der Waals surface area contributed by atoms with Gasteiger partial charge in [-0.15, -0.1) is 0 Å². The summed E-state index contributed by atoms with van der Waals surface area (Å²) in [6.07, 6.45) is 0.627. The van der Waals surface area contributed by atoms with Crippen molar-refractivity contribution in [1.29, 1.82) is 0 Å². The molecule has 144 valence electrons. The van der Waals surface area contributed by atoms with Gasteiger partial charge in [-0.05, 0) is 48.2 Å². The van der Waals surface area contributed by atoms with Gasteiger partial charge in [-0.1, -0.05) is 48.3 Å². The lowest BCUT2D eigenvalue weighted by molar-refractivity contribution is -0.133. The lowest BCUT2D eigenvalue weighted by Gasteiger charge is -2.36. The van der Waals surface area contributed by atoms with Crippen molar-refractivity contribution in [3.05, 3.63) is 63.1 Å². The Balaban J connectivity index is 1.90. The zero-order chi connectivity index (χ0) is 19.8. The third-order valence-corrected chi connectivity index (χ3v) is 7.64. The fourth-order valence-electron chi connectivity index (χ4n) is 3.58. The van der Waals surface area contributed by atoms with Crippen LogP contribution in [0.2, 0.25) is 10.0 Å². The van der Waals surface area contributed by atoms with Crippen LogP contribution in [0, 0.1) is 0 Å². The highest BCUT2D eigenvalue weighted by molar-refractivity contribution is 7.91. The maximum absolute atomic E-state index is 12.9. The molecule has 4 nitrogen and oxygen atoms in total. The first-order valence-electron chi connectivity index (χ1n) is 8.83. The molecule has 0 unspecified atom stereocenters. The molecular weight excluding hydrogens is 405 g/mol. The number of carbonyl (C=O) groups excluding carboxylic acids is 1. The normalized spacial score (nSPS) is 16.9. The zero-order valence-electron chi connectivity index (χ0n) is 15.2. The van der Waals surface area contributed by atoms with Crippen molar-refractivity contribution < 1.29 is 13.2 Å². The summed E-state index contributed by atoms with van der Waals surface area (Å²) in [5, 5.41) is 0.939. The molecule has 1 aliphatic heterocycles. The van der Waals surface area contributed by atoms with E-state index in [9.17, 15) is 13.2 Å². The highest BCUT2D eigenvalue weighted by Crippen LogP contribution is 2.34. The lowest BCUT2D eigenvalue weighted by atomic mass is 9.93. The molecule has 7 heteroatoms. The monoisotopic (exact) mass is 425 g/mol. The molecule has 1 amide bonds. The highest BCUT2D eigenvalue weighted by atomic mass is 35.5. The summed E-state index contributed by atoms with van der Waals surface area (Å²) in [4.78, 5) is 15.1. The van der Waals surface area contributed by atoms with Gasteiger partial charge in [0.05, 0.1) is 23.1 Å². The van der Waals surface area contributed by atoms with Crippen molar-refractivity contribution >= 4 is 38.9 Å². The van der Waals surface area contributed by atoms with Gasteiger partial charge in [-0.25, -0.2) is 8.42 Å². The molecule has 0 bridgehead atoms. The van der Waals surface area contributed by atoms with Crippen LogP contribution in [0.1, 0.15) is 36.6 Å². The number of benzene rings is 2. The smallest absolute Gasteiger partial charge is 0.227 e. The van der Waals surface area contributed by atoms with E-state index in [1.807, 2.05) is 13.0 Å². The zero-order valence-corrected chi connectivity index (χ0v) is 17.5. The van der Waals surface area contributed by atoms with Crippen LogP contribution in [-0.2, 0) is 27.5 Å². The van der Waals surface area contributed by atoms with Crippen LogP contribution < -0.4 is 0 Å². The Hall–Kier alpha value is -1.56. The SMILES string of the molecule is CCS(=O)(=O)c1cccc2c1CCN(C(=O)Cc1c(Cl)cccc1Cl)[C@H]2C. The van der Waals surface area contributed by atoms with Gasteiger partial charge in [0.2, 0.25) is 5.91 Å². The van der Waals surface area contributed by atoms with Crippen molar-refractivity contribution in [3.8, 4) is 0 Å². The summed E-state index contributed by atoms with van der Waals surface area (Å²) in [5.74, 6) is -0.0159. The van der Waals surface area contributed by atoms with E-state index >= 15 is 0 Å². The molecule has 2 aromatic carbocycles. The topological polar surface area (TPSA) is 54.5 Å². The second kappa shape index (κ2) is 7.82. The quantitative estimate of drug-likeness (QED) is 0.725. The number of hydrogen-bond acceptors (Lipinski definition) is 3. The van der Waals surface area contributed by atoms with E-state index in [-0.39, 0.29) is 24.1 Å². The predicted octanol–water partition coefficient (Wildman–Crippen LogP) is 4.48. The second-order valence-electron chi connectivity index (χ2n) is 6.62. The number of fused-ring (bicyclic) bond motifs is 1. The molecule has 0 N–H and O–H groups in total. The molecule has 0 fully saturated rings. The Labute approximate surface area is 170 Å². The largest absolute Gasteiger partial charge is 0.335 e. The number of hydrogen-bond donors (Lipinski definition) is 0. The van der Waals surface area contributed by atoms with Gasteiger partial charge in [0.25, 0.3) is 0 Å². The van der Waals surface area contributed by atoms with Gasteiger partial charge in [0, 0.05) is 16.6 Å². The molecule has 0 saturated carbocycles. The fourth-order valence-corrected chi connectivity index (χ4v) is 5.30. The van der Waals surface area contributed by atoms with E-state index in [0.29, 0.717) is 33.5 Å². The molecule has 0 aromatic heterocycles. The number of carbonyl (C=O) groups is 1. The third-order valence-electron chi connectivity index (χ3n) is 5.11. The summed E-state index contributed by atoms with van der Waals surface area (Å²) in [5.41, 5.74) is 2.33. The maximum Gasteiger partial charge on any atom is 0.227 e. The number of amides is 1. The van der Waals surface area contributed by atoms with Crippen LogP contribution in [0.3, 0.4) is 0 Å². The minimum Gasteiger partial charge on any atom is -0.335 e. The molecule has 1 heterocycles. The Morgan fingerprint density at radius 1 is 1.15 bits per heavy atom. The second-order valence-corrected chi connectivity index (χ2v) is 9.68. The van der Waals surface area contributed by atoms with Gasteiger partial charge in [0.15, 0.2) is 9.84 Å². The summed E-state index contributed by atoms with van der Waals surface area (Å²) in [6.45, 7) is 4.03. The third kappa shape index (κ3) is 3.86. The van der Waals surface area contributed by atoms with E-state index in [0.717, 1.165) is 11.1 Å². The van der Waals surface area contributed by atoms with Gasteiger partial charge in [0.1, 0.15) is 0 Å². The van der Waals surface area contributed by atoms with Crippen molar-refractivity contribution in [2.24, 2.45) is 0 Å². The molecule has 0 radical (unpaired) electrons. The Morgan fingerprint density at radius 2 is 1.78 bits per heavy atom. The van der Waals surface area contributed by atoms with Crippen LogP contribution in [0.15, 0.2) is 41.3 Å². The van der Waals surface area contributed by atoms with Crippen molar-refractivity contribution in [2.75, 3.05) is 12.3 Å². The van der Waals surface area contributed by atoms with Gasteiger partial charge >= 0.3 is 0 Å². The molecule has 0 spiro atoms. The number of nitrogens with zero attached hydrogens (tertiary/aromatic N) is 1. The van der Waals surface area contributed by atoms with Gasteiger partial charge < -0.3 is 4.90 Å². The van der Waals surface area contributed by atoms with E-state index in [1.165, 1.54) is 0 Å². The molecule has 1 atom stereocenters. The van der Waals surface area contributed by atoms with Crippen molar-refractivity contribution in [3.63, 3.8) is 0 Å². The number of sulfone groups is 1. The lowest BCUT2D eigenvalue weighted by Crippen LogP contribution is -2.40. The van der Waals surface area contributed by atoms with Crippen molar-refractivity contribution in [1.82, 2.24) is 4.90 Å². The molecule has 2 aromatic rings. The van der Waals surface area contributed by atoms with Crippen LogP contribution in [0.5, 0.6) is 0 Å². The Morgan fingerprint density at radius 3 is 2.41 bits per heavy atom. The summed E-state index contributed by atoms with van der Waals surface area (Å²) in [7, 11) is -3.30. The molecule has 3 rings (SSSR count). The summed E-state index contributed by atoms with van der Waals surface area (Å²) >= 11 is 12.4. The Kier molecular flexibility index (Phi) is 5.84. The average Bonchev–Trinajstić information content (AvgIpc) is 2.64. The van der Waals surface area contributed by atoms with Crippen LogP contribution in [0.25, 0.3) is 0 Å². The minimum atomic E-state index is -3.30. The van der Waals surface area contributed by atoms with E-state index in [4.69, 9.17) is 23.2 Å². The van der Waals surface area contributed by atoms with Crippen LogP contribution in [0.4, 0.5) is 0 Å². The maximum atomic E-state index is 12.9. The summed E-state index contributed by atoms with van der Waals surface area (Å²) < 4.78 is 24.8.